The highest BCUT2D eigenvalue weighted by Crippen LogP contribution is 2.31. The number of likely N-dealkylation sites (tertiary alicyclic amines) is 1. The molecule has 4 rings (SSSR count). The number of carbonyl (C=O) groups is 1. The van der Waals surface area contributed by atoms with Crippen LogP contribution in [0.2, 0.25) is 0 Å². The van der Waals surface area contributed by atoms with Gasteiger partial charge in [-0.1, -0.05) is 35.9 Å². The number of amidine groups is 1. The van der Waals surface area contributed by atoms with Crippen molar-refractivity contribution >= 4 is 11.7 Å². The summed E-state index contributed by atoms with van der Waals surface area (Å²) < 4.78 is 11.3. The molecule has 1 fully saturated rings. The number of hydrogen-bond donors (Lipinski definition) is 2. The molecular weight excluding hydrogens is 390 g/mol. The number of aryl methyl sites for hydroxylation is 1. The van der Waals surface area contributed by atoms with Crippen molar-refractivity contribution in [1.82, 2.24) is 10.2 Å². The van der Waals surface area contributed by atoms with E-state index in [1.165, 1.54) is 12.8 Å². The van der Waals surface area contributed by atoms with Crippen LogP contribution < -0.4 is 14.8 Å². The van der Waals surface area contributed by atoms with Crippen molar-refractivity contribution in [3.63, 3.8) is 0 Å². The highest BCUT2D eigenvalue weighted by molar-refractivity contribution is 5.98. The molecule has 1 amide bonds. The van der Waals surface area contributed by atoms with E-state index in [4.69, 9.17) is 14.9 Å². The molecule has 0 aromatic heterocycles. The molecule has 2 N–H and O–H groups in total. The summed E-state index contributed by atoms with van der Waals surface area (Å²) in [6, 6.07) is 13.9. The van der Waals surface area contributed by atoms with Gasteiger partial charge in [0.1, 0.15) is 19.0 Å². The molecule has 2 aliphatic rings. The standard InChI is InChI=1S/C25H31N3O3/c1-18-5-4-6-19(13-18)16-24(29)27-25(26)21(17-28-9-2-3-10-28)14-20-7-8-22-23(15-20)31-12-11-30-22/h4-8,13,15,21H,2-3,9-12,14,16-17H2,1H3,(H2,26,27,29)/t21-/m0/s1. The minimum atomic E-state index is -0.135. The molecule has 0 unspecified atom stereocenters. The Hall–Kier alpha value is -2.86. The highest BCUT2D eigenvalue weighted by atomic mass is 16.6. The van der Waals surface area contributed by atoms with Crippen molar-refractivity contribution in [3.05, 3.63) is 59.2 Å². The van der Waals surface area contributed by atoms with Crippen LogP contribution in [-0.4, -0.2) is 49.5 Å². The fourth-order valence-corrected chi connectivity index (χ4v) is 4.34. The number of nitrogens with one attached hydrogen (secondary N) is 2. The van der Waals surface area contributed by atoms with E-state index in [0.717, 1.165) is 47.8 Å². The summed E-state index contributed by atoms with van der Waals surface area (Å²) in [5, 5.41) is 11.5. The average Bonchev–Trinajstić information content (AvgIpc) is 3.26. The third kappa shape index (κ3) is 5.85. The van der Waals surface area contributed by atoms with Crippen molar-refractivity contribution in [2.24, 2.45) is 5.92 Å². The topological polar surface area (TPSA) is 74.7 Å². The van der Waals surface area contributed by atoms with Crippen LogP contribution >= 0.6 is 0 Å². The Morgan fingerprint density at radius 2 is 1.84 bits per heavy atom. The normalized spacial score (nSPS) is 16.7. The van der Waals surface area contributed by atoms with Crippen molar-refractivity contribution in [1.29, 1.82) is 5.41 Å². The van der Waals surface area contributed by atoms with E-state index >= 15 is 0 Å². The monoisotopic (exact) mass is 421 g/mol. The molecule has 1 saturated heterocycles. The Morgan fingerprint density at radius 1 is 1.06 bits per heavy atom. The van der Waals surface area contributed by atoms with Crippen molar-refractivity contribution in [3.8, 4) is 11.5 Å². The van der Waals surface area contributed by atoms with E-state index < -0.39 is 0 Å². The highest BCUT2D eigenvalue weighted by Gasteiger charge is 2.24. The first kappa shape index (κ1) is 21.4. The van der Waals surface area contributed by atoms with E-state index in [1.54, 1.807) is 0 Å². The van der Waals surface area contributed by atoms with Crippen LogP contribution in [0.4, 0.5) is 0 Å². The summed E-state index contributed by atoms with van der Waals surface area (Å²) in [7, 11) is 0. The number of rotatable bonds is 7. The molecule has 2 heterocycles. The summed E-state index contributed by atoms with van der Waals surface area (Å²) in [5.41, 5.74) is 3.19. The SMILES string of the molecule is Cc1cccc(CC(=O)NC(=N)[C@@H](Cc2ccc3c(c2)OCCO3)CN2CCCC2)c1. The fourth-order valence-electron chi connectivity index (χ4n) is 4.34. The summed E-state index contributed by atoms with van der Waals surface area (Å²) >= 11 is 0. The molecule has 0 spiro atoms. The average molecular weight is 422 g/mol. The maximum atomic E-state index is 12.6. The van der Waals surface area contributed by atoms with Gasteiger partial charge in [-0.2, -0.15) is 0 Å². The van der Waals surface area contributed by atoms with Crippen LogP contribution in [0, 0.1) is 18.3 Å². The number of ether oxygens (including phenoxy) is 2. The molecule has 2 aliphatic heterocycles. The number of nitrogens with zero attached hydrogens (tertiary/aromatic N) is 1. The van der Waals surface area contributed by atoms with E-state index in [1.807, 2.05) is 49.4 Å². The second kappa shape index (κ2) is 9.96. The third-order valence-corrected chi connectivity index (χ3v) is 5.90. The lowest BCUT2D eigenvalue weighted by Crippen LogP contribution is -2.42. The van der Waals surface area contributed by atoms with Crippen LogP contribution in [0.5, 0.6) is 11.5 Å². The molecule has 0 bridgehead atoms. The second-order valence-corrected chi connectivity index (χ2v) is 8.51. The summed E-state index contributed by atoms with van der Waals surface area (Å²) in [6.07, 6.45) is 3.36. The van der Waals surface area contributed by atoms with Gasteiger partial charge in [0.05, 0.1) is 6.42 Å². The number of carbonyl (C=O) groups excluding carboxylic acids is 1. The van der Waals surface area contributed by atoms with Crippen molar-refractivity contribution < 1.29 is 14.3 Å². The van der Waals surface area contributed by atoms with Crippen LogP contribution in [0.3, 0.4) is 0 Å². The lowest BCUT2D eigenvalue weighted by atomic mass is 9.96. The summed E-state index contributed by atoms with van der Waals surface area (Å²) in [4.78, 5) is 15.0. The quantitative estimate of drug-likeness (QED) is 0.531. The molecule has 6 heteroatoms. The van der Waals surface area contributed by atoms with E-state index in [-0.39, 0.29) is 18.2 Å². The van der Waals surface area contributed by atoms with Crippen molar-refractivity contribution in [2.75, 3.05) is 32.8 Å². The summed E-state index contributed by atoms with van der Waals surface area (Å²) in [6.45, 7) is 6.03. The maximum Gasteiger partial charge on any atom is 0.229 e. The predicted molar refractivity (Wildman–Crippen MR) is 121 cm³/mol. The van der Waals surface area contributed by atoms with Gasteiger partial charge in [0.15, 0.2) is 11.5 Å². The van der Waals surface area contributed by atoms with Crippen LogP contribution in [0.15, 0.2) is 42.5 Å². The number of fused-ring (bicyclic) bond motifs is 1. The molecule has 31 heavy (non-hydrogen) atoms. The van der Waals surface area contributed by atoms with Gasteiger partial charge >= 0.3 is 0 Å². The van der Waals surface area contributed by atoms with Crippen LogP contribution in [0.25, 0.3) is 0 Å². The largest absolute Gasteiger partial charge is 0.486 e. The first-order valence-corrected chi connectivity index (χ1v) is 11.1. The second-order valence-electron chi connectivity index (χ2n) is 8.51. The lowest BCUT2D eigenvalue weighted by Gasteiger charge is -2.25. The molecule has 6 nitrogen and oxygen atoms in total. The summed E-state index contributed by atoms with van der Waals surface area (Å²) in [5.74, 6) is 1.61. The Balaban J connectivity index is 1.43. The fraction of sp³-hybridized carbons (Fsp3) is 0.440. The Kier molecular flexibility index (Phi) is 6.87. The predicted octanol–water partition coefficient (Wildman–Crippen LogP) is 3.36. The Labute approximate surface area is 184 Å². The van der Waals surface area contributed by atoms with Gasteiger partial charge in [-0.05, 0) is 62.5 Å². The molecule has 0 radical (unpaired) electrons. The molecule has 164 valence electrons. The van der Waals surface area contributed by atoms with Gasteiger partial charge in [-0.3, -0.25) is 10.2 Å². The zero-order valence-electron chi connectivity index (χ0n) is 18.2. The molecule has 0 saturated carbocycles. The van der Waals surface area contributed by atoms with Gasteiger partial charge in [-0.25, -0.2) is 0 Å². The molecule has 1 atom stereocenters. The third-order valence-electron chi connectivity index (χ3n) is 5.90. The Morgan fingerprint density at radius 3 is 2.61 bits per heavy atom. The van der Waals surface area contributed by atoms with Gasteiger partial charge in [0, 0.05) is 12.5 Å². The lowest BCUT2D eigenvalue weighted by molar-refractivity contribution is -0.119. The van der Waals surface area contributed by atoms with Crippen LogP contribution in [-0.2, 0) is 17.6 Å². The molecule has 2 aromatic rings. The van der Waals surface area contributed by atoms with E-state index in [9.17, 15) is 4.79 Å². The first-order chi connectivity index (χ1) is 15.1. The number of amides is 1. The minimum Gasteiger partial charge on any atom is -0.486 e. The molecule has 2 aromatic carbocycles. The zero-order chi connectivity index (χ0) is 21.6. The van der Waals surface area contributed by atoms with E-state index in [2.05, 4.69) is 10.2 Å². The number of benzene rings is 2. The zero-order valence-corrected chi connectivity index (χ0v) is 18.2. The Bertz CT molecular complexity index is 937. The first-order valence-electron chi connectivity index (χ1n) is 11.1. The minimum absolute atomic E-state index is 0.0814. The smallest absolute Gasteiger partial charge is 0.229 e. The van der Waals surface area contributed by atoms with Gasteiger partial charge < -0.3 is 19.7 Å². The molecule has 0 aliphatic carbocycles. The number of hydrogen-bond acceptors (Lipinski definition) is 5. The van der Waals surface area contributed by atoms with E-state index in [0.29, 0.717) is 25.5 Å². The van der Waals surface area contributed by atoms with Gasteiger partial charge in [-0.15, -0.1) is 0 Å². The maximum absolute atomic E-state index is 12.6. The van der Waals surface area contributed by atoms with Crippen molar-refractivity contribution in [2.45, 2.75) is 32.6 Å². The van der Waals surface area contributed by atoms with Gasteiger partial charge in [0.2, 0.25) is 5.91 Å². The molecular formula is C25H31N3O3. The van der Waals surface area contributed by atoms with Crippen LogP contribution in [0.1, 0.15) is 29.5 Å². The van der Waals surface area contributed by atoms with Gasteiger partial charge in [0.25, 0.3) is 0 Å².